The Hall–Kier alpha value is -3.07. The fourth-order valence-corrected chi connectivity index (χ4v) is 4.36. The Morgan fingerprint density at radius 1 is 1.19 bits per heavy atom. The van der Waals surface area contributed by atoms with E-state index >= 15 is 0 Å². The van der Waals surface area contributed by atoms with Crippen molar-refractivity contribution in [2.75, 3.05) is 6.54 Å². The molecule has 1 aromatic carbocycles. The molecule has 0 aliphatic carbocycles. The molecular formula is C18H18N6O2S. The van der Waals surface area contributed by atoms with Crippen LogP contribution in [0.4, 0.5) is 0 Å². The highest BCUT2D eigenvalue weighted by atomic mass is 32.1. The molecule has 0 saturated carbocycles. The second-order valence-electron chi connectivity index (χ2n) is 6.41. The molecule has 8 nitrogen and oxygen atoms in total. The lowest BCUT2D eigenvalue weighted by Crippen LogP contribution is -2.31. The largest absolute Gasteiger partial charge is 0.365 e. The third-order valence-electron chi connectivity index (χ3n) is 4.68. The average molecular weight is 382 g/mol. The number of thiophene rings is 1. The van der Waals surface area contributed by atoms with Gasteiger partial charge in [0, 0.05) is 11.4 Å². The summed E-state index contributed by atoms with van der Waals surface area (Å²) < 4.78 is 1.56. The van der Waals surface area contributed by atoms with E-state index in [-0.39, 0.29) is 11.9 Å². The highest BCUT2D eigenvalue weighted by Gasteiger charge is 2.31. The lowest BCUT2D eigenvalue weighted by molar-refractivity contribution is -0.131. The van der Waals surface area contributed by atoms with Crippen molar-refractivity contribution >= 4 is 23.2 Å². The van der Waals surface area contributed by atoms with Crippen LogP contribution in [-0.2, 0) is 11.2 Å². The van der Waals surface area contributed by atoms with Crippen molar-refractivity contribution in [3.05, 3.63) is 58.0 Å². The number of rotatable bonds is 5. The Morgan fingerprint density at radius 3 is 2.67 bits per heavy atom. The molecule has 1 aliphatic rings. The molecule has 1 atom stereocenters. The number of primary amides is 1. The van der Waals surface area contributed by atoms with Gasteiger partial charge < -0.3 is 10.6 Å². The molecule has 0 unspecified atom stereocenters. The molecule has 2 amide bonds. The number of nitrogens with two attached hydrogens (primary N) is 1. The van der Waals surface area contributed by atoms with Gasteiger partial charge in [-0.05, 0) is 53.1 Å². The Balaban J connectivity index is 1.46. The van der Waals surface area contributed by atoms with Crippen molar-refractivity contribution in [1.82, 2.24) is 25.1 Å². The minimum atomic E-state index is -0.426. The van der Waals surface area contributed by atoms with Crippen LogP contribution >= 0.6 is 11.3 Å². The van der Waals surface area contributed by atoms with Gasteiger partial charge in [-0.25, -0.2) is 4.68 Å². The molecule has 0 bridgehead atoms. The van der Waals surface area contributed by atoms with E-state index in [4.69, 9.17) is 5.73 Å². The van der Waals surface area contributed by atoms with Gasteiger partial charge in [-0.2, -0.15) is 0 Å². The summed E-state index contributed by atoms with van der Waals surface area (Å²) in [6, 6.07) is 11.3. The van der Waals surface area contributed by atoms with Crippen LogP contribution in [0.3, 0.4) is 0 Å². The van der Waals surface area contributed by atoms with Crippen molar-refractivity contribution in [1.29, 1.82) is 0 Å². The summed E-state index contributed by atoms with van der Waals surface area (Å²) >= 11 is 1.38. The Labute approximate surface area is 159 Å². The summed E-state index contributed by atoms with van der Waals surface area (Å²) in [7, 11) is 0. The number of nitrogens with zero attached hydrogens (tertiary/aromatic N) is 5. The van der Waals surface area contributed by atoms with Crippen molar-refractivity contribution in [3.63, 3.8) is 0 Å². The van der Waals surface area contributed by atoms with Gasteiger partial charge in [0.1, 0.15) is 6.33 Å². The highest BCUT2D eigenvalue weighted by molar-refractivity contribution is 7.14. The number of aromatic nitrogens is 4. The zero-order valence-electron chi connectivity index (χ0n) is 14.5. The number of tetrazole rings is 1. The van der Waals surface area contributed by atoms with Crippen LogP contribution in [0.5, 0.6) is 0 Å². The third-order valence-corrected chi connectivity index (χ3v) is 5.88. The van der Waals surface area contributed by atoms with E-state index in [1.165, 1.54) is 17.7 Å². The quantitative estimate of drug-likeness (QED) is 0.723. The number of benzene rings is 1. The maximum Gasteiger partial charge on any atom is 0.258 e. The first-order valence-corrected chi connectivity index (χ1v) is 9.45. The van der Waals surface area contributed by atoms with Crippen molar-refractivity contribution in [2.24, 2.45) is 5.73 Å². The van der Waals surface area contributed by atoms with Gasteiger partial charge in [-0.15, -0.1) is 16.4 Å². The molecule has 2 aromatic heterocycles. The molecule has 1 fully saturated rings. The third kappa shape index (κ3) is 3.59. The van der Waals surface area contributed by atoms with Gasteiger partial charge in [-0.3, -0.25) is 9.59 Å². The molecule has 1 saturated heterocycles. The zero-order chi connectivity index (χ0) is 18.8. The number of likely N-dealkylation sites (tertiary alicyclic amines) is 1. The van der Waals surface area contributed by atoms with E-state index in [1.54, 1.807) is 10.7 Å². The first-order chi connectivity index (χ1) is 13.1. The minimum absolute atomic E-state index is 0.0242. The molecule has 4 rings (SSSR count). The lowest BCUT2D eigenvalue weighted by Gasteiger charge is -2.24. The van der Waals surface area contributed by atoms with E-state index in [0.29, 0.717) is 11.3 Å². The van der Waals surface area contributed by atoms with Gasteiger partial charge >= 0.3 is 0 Å². The fourth-order valence-electron chi connectivity index (χ4n) is 3.35. The number of carbonyl (C=O) groups is 2. The van der Waals surface area contributed by atoms with Gasteiger partial charge in [0.25, 0.3) is 5.91 Å². The van der Waals surface area contributed by atoms with Crippen LogP contribution in [0.25, 0.3) is 5.69 Å². The summed E-state index contributed by atoms with van der Waals surface area (Å²) in [5.74, 6) is -0.341. The SMILES string of the molecule is NC(=O)c1ccc([C@@H]2CCCN2C(=O)Cc2ccc(-n3cnnn3)cc2)s1. The number of carbonyl (C=O) groups excluding carboxylic acids is 2. The van der Waals surface area contributed by atoms with Crippen molar-refractivity contribution in [2.45, 2.75) is 25.3 Å². The van der Waals surface area contributed by atoms with Gasteiger partial charge in [-0.1, -0.05) is 12.1 Å². The molecule has 2 N–H and O–H groups in total. The van der Waals surface area contributed by atoms with Gasteiger partial charge in [0.15, 0.2) is 0 Å². The maximum atomic E-state index is 12.9. The molecule has 3 heterocycles. The van der Waals surface area contributed by atoms with Crippen LogP contribution in [0, 0.1) is 0 Å². The van der Waals surface area contributed by atoms with Crippen LogP contribution in [0.2, 0.25) is 0 Å². The molecule has 3 aromatic rings. The van der Waals surface area contributed by atoms with E-state index in [0.717, 1.165) is 35.5 Å². The number of hydrogen-bond acceptors (Lipinski definition) is 6. The second-order valence-corrected chi connectivity index (χ2v) is 7.52. The molecule has 0 radical (unpaired) electrons. The maximum absolute atomic E-state index is 12.9. The normalized spacial score (nSPS) is 16.6. The van der Waals surface area contributed by atoms with E-state index < -0.39 is 5.91 Å². The molecule has 27 heavy (non-hydrogen) atoms. The summed E-state index contributed by atoms with van der Waals surface area (Å²) in [5, 5.41) is 11.1. The van der Waals surface area contributed by atoms with Crippen LogP contribution < -0.4 is 5.73 Å². The molecule has 0 spiro atoms. The van der Waals surface area contributed by atoms with Gasteiger partial charge in [0.2, 0.25) is 5.91 Å². The zero-order valence-corrected chi connectivity index (χ0v) is 15.3. The Kier molecular flexibility index (Phi) is 4.68. The highest BCUT2D eigenvalue weighted by Crippen LogP contribution is 2.36. The molecule has 9 heteroatoms. The summed E-state index contributed by atoms with van der Waals surface area (Å²) in [6.45, 7) is 0.732. The van der Waals surface area contributed by atoms with Crippen molar-refractivity contribution < 1.29 is 9.59 Å². The number of hydrogen-bond donors (Lipinski definition) is 1. The van der Waals surface area contributed by atoms with E-state index in [2.05, 4.69) is 15.5 Å². The smallest absolute Gasteiger partial charge is 0.258 e. The van der Waals surface area contributed by atoms with Crippen LogP contribution in [0.15, 0.2) is 42.7 Å². The number of amides is 2. The van der Waals surface area contributed by atoms with Crippen molar-refractivity contribution in [3.8, 4) is 5.69 Å². The first-order valence-electron chi connectivity index (χ1n) is 8.63. The Bertz CT molecular complexity index is 951. The summed E-state index contributed by atoms with van der Waals surface area (Å²) in [6.07, 6.45) is 3.72. The monoisotopic (exact) mass is 382 g/mol. The van der Waals surface area contributed by atoms with E-state index in [9.17, 15) is 9.59 Å². The predicted octanol–water partition coefficient (Wildman–Crippen LogP) is 1.73. The molecular weight excluding hydrogens is 364 g/mol. The topological polar surface area (TPSA) is 107 Å². The molecule has 138 valence electrons. The summed E-state index contributed by atoms with van der Waals surface area (Å²) in [4.78, 5) is 27.6. The summed E-state index contributed by atoms with van der Waals surface area (Å²) in [5.41, 5.74) is 7.12. The van der Waals surface area contributed by atoms with E-state index in [1.807, 2.05) is 35.2 Å². The fraction of sp³-hybridized carbons (Fsp3) is 0.278. The van der Waals surface area contributed by atoms with Crippen LogP contribution in [-0.4, -0.2) is 43.5 Å². The predicted molar refractivity (Wildman–Crippen MR) is 99.4 cm³/mol. The standard InChI is InChI=1S/C18H18N6O2S/c19-18(26)16-8-7-15(27-16)14-2-1-9-23(14)17(25)10-12-3-5-13(6-4-12)24-11-20-21-22-24/h3-8,11,14H,1-2,9-10H2,(H2,19,26)/t14-/m0/s1. The minimum Gasteiger partial charge on any atom is -0.365 e. The Morgan fingerprint density at radius 2 is 2.00 bits per heavy atom. The average Bonchev–Trinajstić information content (AvgIpc) is 3.42. The molecule has 1 aliphatic heterocycles. The first kappa shape index (κ1) is 17.3. The second kappa shape index (κ2) is 7.28. The van der Waals surface area contributed by atoms with Crippen LogP contribution in [0.1, 0.15) is 39.0 Å². The van der Waals surface area contributed by atoms with Gasteiger partial charge in [0.05, 0.1) is 23.0 Å². The lowest BCUT2D eigenvalue weighted by atomic mass is 10.1.